The van der Waals surface area contributed by atoms with Crippen LogP contribution in [0.2, 0.25) is 0 Å². The van der Waals surface area contributed by atoms with Gasteiger partial charge in [0.1, 0.15) is 15.4 Å². The van der Waals surface area contributed by atoms with Crippen LogP contribution in [0, 0.1) is 0 Å². The highest BCUT2D eigenvalue weighted by Gasteiger charge is 2.28. The summed E-state index contributed by atoms with van der Waals surface area (Å²) in [5, 5.41) is 1.00. The van der Waals surface area contributed by atoms with E-state index < -0.39 is 0 Å². The van der Waals surface area contributed by atoms with Crippen molar-refractivity contribution >= 4 is 31.8 Å². The lowest BCUT2D eigenvalue weighted by Crippen LogP contribution is -2.32. The van der Waals surface area contributed by atoms with E-state index in [0.29, 0.717) is 6.61 Å². The molecule has 0 saturated carbocycles. The van der Waals surface area contributed by atoms with E-state index in [1.54, 1.807) is 0 Å². The van der Waals surface area contributed by atoms with E-state index in [-0.39, 0.29) is 11.2 Å². The molecule has 3 aromatic rings. The highest BCUT2D eigenvalue weighted by atomic mass is 32.1. The maximum Gasteiger partial charge on any atom is 0.271 e. The summed E-state index contributed by atoms with van der Waals surface area (Å²) < 4.78 is 8.67. The van der Waals surface area contributed by atoms with Crippen molar-refractivity contribution in [1.29, 1.82) is 0 Å². The molecule has 0 unspecified atom stereocenters. The topological polar surface area (TPSA) is 57.0 Å². The van der Waals surface area contributed by atoms with Gasteiger partial charge in [0.05, 0.1) is 23.4 Å². The van der Waals surface area contributed by atoms with Crippen molar-refractivity contribution in [3.63, 3.8) is 0 Å². The molecule has 1 aliphatic rings. The van der Waals surface area contributed by atoms with Crippen LogP contribution in [0.3, 0.4) is 0 Å². The molecule has 1 aliphatic heterocycles. The lowest BCUT2D eigenvalue weighted by Gasteiger charge is -2.30. The van der Waals surface area contributed by atoms with Gasteiger partial charge in [-0.15, -0.1) is 11.3 Å². The Morgan fingerprint density at radius 1 is 1.10 bits per heavy atom. The normalized spacial score (nSPS) is 15.6. The maximum atomic E-state index is 13.5. The van der Waals surface area contributed by atoms with Gasteiger partial charge in [-0.3, -0.25) is 9.36 Å². The first-order chi connectivity index (χ1) is 14.9. The van der Waals surface area contributed by atoms with E-state index in [0.717, 1.165) is 69.7 Å². The molecule has 4 rings (SSSR count). The smallest absolute Gasteiger partial charge is 0.271 e. The Hall–Kier alpha value is -1.79. The minimum Gasteiger partial charge on any atom is -0.370 e. The zero-order valence-electron chi connectivity index (χ0n) is 19.4. The van der Waals surface area contributed by atoms with Crippen LogP contribution in [0.15, 0.2) is 10.9 Å². The quantitative estimate of drug-likeness (QED) is 0.373. The third-order valence-electron chi connectivity index (χ3n) is 6.24. The molecule has 3 aromatic heterocycles. The number of unbranched alkanes of at least 4 members (excludes halogenated alkanes) is 5. The van der Waals surface area contributed by atoms with Gasteiger partial charge in [0.15, 0.2) is 0 Å². The molecule has 4 heterocycles. The van der Waals surface area contributed by atoms with Crippen molar-refractivity contribution in [2.24, 2.45) is 0 Å². The molecule has 0 atom stereocenters. The van der Waals surface area contributed by atoms with Crippen LogP contribution < -0.4 is 5.56 Å². The molecule has 0 aliphatic carbocycles. The van der Waals surface area contributed by atoms with Gasteiger partial charge in [-0.25, -0.2) is 9.97 Å². The van der Waals surface area contributed by atoms with E-state index >= 15 is 0 Å². The lowest BCUT2D eigenvalue weighted by atomic mass is 9.95. The third-order valence-corrected chi connectivity index (χ3v) is 7.31. The number of hydrogen-bond acceptors (Lipinski definition) is 5. The average Bonchev–Trinajstić information content (AvgIpc) is 3.08. The number of hydrogen-bond donors (Lipinski definition) is 0. The van der Waals surface area contributed by atoms with E-state index in [1.807, 2.05) is 4.57 Å². The monoisotopic (exact) mass is 441 g/mol. The second-order valence-corrected chi connectivity index (χ2v) is 10.5. The van der Waals surface area contributed by atoms with Crippen LogP contribution in [-0.4, -0.2) is 20.1 Å². The minimum atomic E-state index is -0.194. The SMILES string of the molecule is CCCCCCCCn1c(CCC)nc2c(sc3nc4c(cc32)COC(C)(C)C4)c1=O. The van der Waals surface area contributed by atoms with Crippen molar-refractivity contribution in [2.45, 2.75) is 104 Å². The Kier molecular flexibility index (Phi) is 6.77. The van der Waals surface area contributed by atoms with Crippen LogP contribution in [0.4, 0.5) is 0 Å². The molecule has 31 heavy (non-hydrogen) atoms. The highest BCUT2D eigenvalue weighted by Crippen LogP contribution is 2.35. The average molecular weight is 442 g/mol. The molecule has 0 saturated heterocycles. The number of rotatable bonds is 9. The maximum absolute atomic E-state index is 13.5. The van der Waals surface area contributed by atoms with Gasteiger partial charge >= 0.3 is 0 Å². The Morgan fingerprint density at radius 3 is 2.65 bits per heavy atom. The zero-order valence-corrected chi connectivity index (χ0v) is 20.2. The fraction of sp³-hybridized carbons (Fsp3) is 0.640. The van der Waals surface area contributed by atoms with Gasteiger partial charge in [-0.1, -0.05) is 46.0 Å². The molecular formula is C25H35N3O2S. The number of aryl methyl sites for hydroxylation is 1. The standard InChI is InChI=1S/C25H35N3O2S/c1-5-7-8-9-10-11-13-28-20(12-6-2)27-21-18-14-17-16-30-25(3,4)15-19(17)26-23(18)31-22(21)24(28)29/h14H,5-13,15-16H2,1-4H3. The number of pyridine rings is 1. The molecule has 0 aromatic carbocycles. The van der Waals surface area contributed by atoms with Crippen molar-refractivity contribution in [3.05, 3.63) is 33.5 Å². The van der Waals surface area contributed by atoms with Gasteiger partial charge in [-0.05, 0) is 32.8 Å². The van der Waals surface area contributed by atoms with Crippen molar-refractivity contribution < 1.29 is 4.74 Å². The number of fused-ring (bicyclic) bond motifs is 4. The van der Waals surface area contributed by atoms with Crippen LogP contribution >= 0.6 is 11.3 Å². The molecular weight excluding hydrogens is 406 g/mol. The summed E-state index contributed by atoms with van der Waals surface area (Å²) in [5.74, 6) is 0.920. The number of thiophene rings is 1. The first-order valence-corrected chi connectivity index (χ1v) is 12.7. The lowest BCUT2D eigenvalue weighted by molar-refractivity contribution is -0.0411. The van der Waals surface area contributed by atoms with Gasteiger partial charge < -0.3 is 4.74 Å². The summed E-state index contributed by atoms with van der Waals surface area (Å²) in [6, 6.07) is 2.16. The Labute approximate surface area is 188 Å². The Morgan fingerprint density at radius 2 is 1.87 bits per heavy atom. The zero-order chi connectivity index (χ0) is 22.0. The first-order valence-electron chi connectivity index (χ1n) is 11.9. The van der Waals surface area contributed by atoms with E-state index in [4.69, 9.17) is 14.7 Å². The number of nitrogens with zero attached hydrogens (tertiary/aromatic N) is 3. The summed E-state index contributed by atoms with van der Waals surface area (Å²) in [6.07, 6.45) is 9.91. The van der Waals surface area contributed by atoms with Gasteiger partial charge in [-0.2, -0.15) is 0 Å². The molecule has 6 heteroatoms. The van der Waals surface area contributed by atoms with Crippen molar-refractivity contribution in [1.82, 2.24) is 14.5 Å². The van der Waals surface area contributed by atoms with Crippen molar-refractivity contribution in [3.8, 4) is 0 Å². The van der Waals surface area contributed by atoms with Gasteiger partial charge in [0.25, 0.3) is 5.56 Å². The highest BCUT2D eigenvalue weighted by molar-refractivity contribution is 7.25. The number of aromatic nitrogens is 3. The molecule has 0 bridgehead atoms. The molecule has 0 N–H and O–H groups in total. The fourth-order valence-electron chi connectivity index (χ4n) is 4.47. The molecule has 0 fully saturated rings. The van der Waals surface area contributed by atoms with E-state index in [1.165, 1.54) is 43.4 Å². The Balaban J connectivity index is 1.70. The van der Waals surface area contributed by atoms with Crippen LogP contribution in [0.5, 0.6) is 0 Å². The van der Waals surface area contributed by atoms with E-state index in [2.05, 4.69) is 33.8 Å². The third kappa shape index (κ3) is 4.70. The van der Waals surface area contributed by atoms with Gasteiger partial charge in [0.2, 0.25) is 0 Å². The predicted octanol–water partition coefficient (Wildman–Crippen LogP) is 6.17. The minimum absolute atomic E-state index is 0.111. The molecule has 0 spiro atoms. The summed E-state index contributed by atoms with van der Waals surface area (Å²) in [4.78, 5) is 24.4. The van der Waals surface area contributed by atoms with Crippen LogP contribution in [0.1, 0.15) is 89.7 Å². The second-order valence-electron chi connectivity index (χ2n) is 9.45. The van der Waals surface area contributed by atoms with Crippen LogP contribution in [0.25, 0.3) is 20.4 Å². The summed E-state index contributed by atoms with van der Waals surface area (Å²) >= 11 is 1.50. The summed E-state index contributed by atoms with van der Waals surface area (Å²) in [6.45, 7) is 9.93. The van der Waals surface area contributed by atoms with Crippen LogP contribution in [-0.2, 0) is 30.7 Å². The molecule has 0 radical (unpaired) electrons. The van der Waals surface area contributed by atoms with Gasteiger partial charge in [0, 0.05) is 30.3 Å². The largest absolute Gasteiger partial charge is 0.370 e. The second kappa shape index (κ2) is 9.37. The fourth-order valence-corrected chi connectivity index (χ4v) is 5.54. The summed E-state index contributed by atoms with van der Waals surface area (Å²) in [5.41, 5.74) is 2.96. The first kappa shape index (κ1) is 22.4. The van der Waals surface area contributed by atoms with E-state index in [9.17, 15) is 4.79 Å². The molecule has 5 nitrogen and oxygen atoms in total. The van der Waals surface area contributed by atoms with Crippen molar-refractivity contribution in [2.75, 3.05) is 0 Å². The number of ether oxygens (including phenoxy) is 1. The summed E-state index contributed by atoms with van der Waals surface area (Å²) in [7, 11) is 0. The Bertz CT molecular complexity index is 1130. The predicted molar refractivity (Wildman–Crippen MR) is 129 cm³/mol. The molecule has 0 amide bonds. The molecule has 168 valence electrons.